The van der Waals surface area contributed by atoms with Gasteiger partial charge in [0.2, 0.25) is 0 Å². The van der Waals surface area contributed by atoms with Crippen LogP contribution < -0.4 is 15.4 Å². The first-order chi connectivity index (χ1) is 18.3. The molecule has 3 radical (unpaired) electrons. The van der Waals surface area contributed by atoms with Crippen LogP contribution in [-0.2, 0) is 5.54 Å². The molecule has 1 aliphatic heterocycles. The molecular weight excluding hydrogens is 517 g/mol. The highest BCUT2D eigenvalue weighted by molar-refractivity contribution is 6.31. The van der Waals surface area contributed by atoms with Crippen LogP contribution >= 0.6 is 11.6 Å². The lowest BCUT2D eigenvalue weighted by molar-refractivity contribution is 0.0929. The summed E-state index contributed by atoms with van der Waals surface area (Å²) in [6, 6.07) is 18.5. The number of halogens is 2. The smallest absolute Gasteiger partial charge is 0.252 e. The van der Waals surface area contributed by atoms with E-state index in [1.54, 1.807) is 18.3 Å². The summed E-state index contributed by atoms with van der Waals surface area (Å²) in [6.07, 6.45) is 4.41. The fourth-order valence-electron chi connectivity index (χ4n) is 5.01. The van der Waals surface area contributed by atoms with Crippen LogP contribution in [0.5, 0.6) is 5.75 Å². The van der Waals surface area contributed by atoms with E-state index in [2.05, 4.69) is 31.9 Å². The third-order valence-corrected chi connectivity index (χ3v) is 8.35. The van der Waals surface area contributed by atoms with E-state index in [1.165, 1.54) is 6.07 Å². The summed E-state index contributed by atoms with van der Waals surface area (Å²) in [4.78, 5) is 18.2. The lowest BCUT2D eigenvalue weighted by Gasteiger charge is -2.33. The molecule has 0 bridgehead atoms. The molecule has 8 heteroatoms. The van der Waals surface area contributed by atoms with Gasteiger partial charge in [0.1, 0.15) is 11.6 Å². The summed E-state index contributed by atoms with van der Waals surface area (Å²) in [5, 5.41) is 7.69. The number of carbonyl (C=O) groups is 1. The quantitative estimate of drug-likeness (QED) is 0.296. The van der Waals surface area contributed by atoms with Crippen LogP contribution in [0.25, 0.3) is 22.0 Å². The topological polar surface area (TPSA) is 63.2 Å². The van der Waals surface area contributed by atoms with Crippen molar-refractivity contribution in [3.63, 3.8) is 0 Å². The van der Waals surface area contributed by atoms with Gasteiger partial charge in [-0.2, -0.15) is 0 Å². The number of fused-ring (bicyclic) bond motifs is 1. The van der Waals surface area contributed by atoms with Gasteiger partial charge in [-0.15, -0.1) is 0 Å². The Hall–Kier alpha value is -3.26. The van der Waals surface area contributed by atoms with Crippen molar-refractivity contribution in [1.82, 2.24) is 15.6 Å². The van der Waals surface area contributed by atoms with Crippen molar-refractivity contribution in [2.75, 3.05) is 6.54 Å². The van der Waals surface area contributed by atoms with E-state index in [4.69, 9.17) is 16.3 Å². The van der Waals surface area contributed by atoms with Gasteiger partial charge < -0.3 is 15.4 Å². The van der Waals surface area contributed by atoms with Gasteiger partial charge in [0.05, 0.1) is 32.0 Å². The summed E-state index contributed by atoms with van der Waals surface area (Å²) in [5.41, 5.74) is 4.23. The lowest BCUT2D eigenvalue weighted by atomic mass is 9.93. The molecule has 38 heavy (non-hydrogen) atoms. The molecule has 2 atom stereocenters. The summed E-state index contributed by atoms with van der Waals surface area (Å²) >= 11 is 6.08. The molecule has 1 saturated heterocycles. The second kappa shape index (κ2) is 9.80. The molecule has 1 aliphatic carbocycles. The highest BCUT2D eigenvalue weighted by Gasteiger charge is 2.47. The van der Waals surface area contributed by atoms with Crippen LogP contribution in [0.3, 0.4) is 0 Å². The number of benzene rings is 3. The predicted octanol–water partition coefficient (Wildman–Crippen LogP) is 5.66. The van der Waals surface area contributed by atoms with E-state index in [-0.39, 0.29) is 22.7 Å². The average molecular weight is 543 g/mol. The number of aryl methyl sites for hydroxylation is 1. The number of nitrogens with zero attached hydrogens (tertiary/aromatic N) is 1. The molecule has 2 heterocycles. The SMILES string of the molecule is Cc1ccc(OC([Si])[C@@H]2CCN2)cc1C(=O)NC1(c2cc(-c3ccc(F)c(Cl)c3)cc3ncccc23)CC1. The fourth-order valence-corrected chi connectivity index (χ4v) is 5.61. The first kappa shape index (κ1) is 25.0. The number of rotatable bonds is 7. The number of nitrogens with one attached hydrogen (secondary N) is 2. The molecule has 2 N–H and O–H groups in total. The zero-order chi connectivity index (χ0) is 26.4. The minimum absolute atomic E-state index is 0.0656. The van der Waals surface area contributed by atoms with Gasteiger partial charge >= 0.3 is 0 Å². The number of hydrogen-bond acceptors (Lipinski definition) is 4. The number of hydrogen-bond donors (Lipinski definition) is 2. The van der Waals surface area contributed by atoms with Crippen LogP contribution in [-0.4, -0.2) is 39.4 Å². The summed E-state index contributed by atoms with van der Waals surface area (Å²) in [7, 11) is 3.66. The molecule has 1 saturated carbocycles. The number of ether oxygens (including phenoxy) is 1. The van der Waals surface area contributed by atoms with Gasteiger partial charge in [-0.1, -0.05) is 29.8 Å². The zero-order valence-electron chi connectivity index (χ0n) is 20.9. The van der Waals surface area contributed by atoms with E-state index in [1.807, 2.05) is 43.3 Å². The Morgan fingerprint density at radius 2 is 2.00 bits per heavy atom. The minimum atomic E-state index is -0.519. The van der Waals surface area contributed by atoms with Gasteiger partial charge in [0.25, 0.3) is 5.91 Å². The molecule has 5 nitrogen and oxygen atoms in total. The molecule has 1 amide bonds. The monoisotopic (exact) mass is 542 g/mol. The molecule has 191 valence electrons. The maximum atomic E-state index is 13.8. The molecule has 3 aromatic carbocycles. The summed E-state index contributed by atoms with van der Waals surface area (Å²) < 4.78 is 19.9. The Bertz CT molecular complexity index is 1550. The highest BCUT2D eigenvalue weighted by Crippen LogP contribution is 2.49. The Kier molecular flexibility index (Phi) is 6.46. The van der Waals surface area contributed by atoms with Crippen molar-refractivity contribution >= 4 is 38.7 Å². The normalized spacial score (nSPS) is 18.5. The second-order valence-corrected chi connectivity index (χ2v) is 11.1. The molecular formula is C30H26ClFN3O2Si. The summed E-state index contributed by atoms with van der Waals surface area (Å²) in [6.45, 7) is 2.91. The van der Waals surface area contributed by atoms with E-state index in [0.29, 0.717) is 11.3 Å². The Morgan fingerprint density at radius 1 is 1.18 bits per heavy atom. The van der Waals surface area contributed by atoms with Crippen LogP contribution in [0, 0.1) is 12.7 Å². The molecule has 2 aliphatic rings. The second-order valence-electron chi connectivity index (χ2n) is 10.1. The minimum Gasteiger partial charge on any atom is -0.493 e. The van der Waals surface area contributed by atoms with Crippen molar-refractivity contribution in [2.45, 2.75) is 43.5 Å². The largest absolute Gasteiger partial charge is 0.493 e. The van der Waals surface area contributed by atoms with Crippen LogP contribution in [0.2, 0.25) is 5.02 Å². The standard InChI is InChI=1S/C30H26ClFN3O2Si/c1-17-4-6-20(37-29(38)26-8-12-34-26)16-22(17)28(36)35-30(9-10-30)23-13-19(15-27-21(23)3-2-11-33-27)18-5-7-25(32)24(31)14-18/h2-7,11,13-16,26,29,34H,8-10,12H2,1H3,(H,35,36)/t26-,29?/m0/s1. The number of carbonyl (C=O) groups excluding carboxylic acids is 1. The van der Waals surface area contributed by atoms with Gasteiger partial charge in [-0.05, 0) is 97.4 Å². The van der Waals surface area contributed by atoms with Crippen molar-refractivity contribution in [1.29, 1.82) is 0 Å². The van der Waals surface area contributed by atoms with Gasteiger partial charge in [0.15, 0.2) is 0 Å². The van der Waals surface area contributed by atoms with Gasteiger partial charge in [-0.25, -0.2) is 4.39 Å². The van der Waals surface area contributed by atoms with Crippen LogP contribution in [0.4, 0.5) is 4.39 Å². The van der Waals surface area contributed by atoms with Crippen molar-refractivity contribution in [3.05, 3.63) is 94.4 Å². The fraction of sp³-hybridized carbons (Fsp3) is 0.267. The maximum Gasteiger partial charge on any atom is 0.252 e. The molecule has 0 spiro atoms. The third kappa shape index (κ3) is 4.70. The van der Waals surface area contributed by atoms with E-state index >= 15 is 0 Å². The van der Waals surface area contributed by atoms with Gasteiger partial charge in [0, 0.05) is 23.2 Å². The average Bonchev–Trinajstić information content (AvgIpc) is 3.65. The maximum absolute atomic E-state index is 13.8. The Morgan fingerprint density at radius 3 is 2.71 bits per heavy atom. The number of pyridine rings is 1. The van der Waals surface area contributed by atoms with E-state index in [0.717, 1.165) is 59.0 Å². The Labute approximate surface area is 229 Å². The number of aromatic nitrogens is 1. The first-order valence-corrected chi connectivity index (χ1v) is 13.7. The molecule has 1 unspecified atom stereocenters. The van der Waals surface area contributed by atoms with Gasteiger partial charge in [-0.3, -0.25) is 9.78 Å². The van der Waals surface area contributed by atoms with E-state index in [9.17, 15) is 9.18 Å². The van der Waals surface area contributed by atoms with Crippen LogP contribution in [0.1, 0.15) is 40.7 Å². The molecule has 2 fully saturated rings. The number of amides is 1. The van der Waals surface area contributed by atoms with Crippen molar-refractivity contribution in [3.8, 4) is 16.9 Å². The van der Waals surface area contributed by atoms with Crippen LogP contribution in [0.15, 0.2) is 66.9 Å². The zero-order valence-corrected chi connectivity index (χ0v) is 22.6. The molecule has 4 aromatic rings. The first-order valence-electron chi connectivity index (χ1n) is 12.7. The molecule has 6 rings (SSSR count). The highest BCUT2D eigenvalue weighted by atomic mass is 35.5. The van der Waals surface area contributed by atoms with Crippen molar-refractivity contribution < 1.29 is 13.9 Å². The van der Waals surface area contributed by atoms with Crippen molar-refractivity contribution in [2.24, 2.45) is 0 Å². The predicted molar refractivity (Wildman–Crippen MR) is 148 cm³/mol. The lowest BCUT2D eigenvalue weighted by Crippen LogP contribution is -2.53. The molecule has 1 aromatic heterocycles. The third-order valence-electron chi connectivity index (χ3n) is 7.54. The Balaban J connectivity index is 1.33. The van der Waals surface area contributed by atoms with E-state index < -0.39 is 11.4 Å². The summed E-state index contributed by atoms with van der Waals surface area (Å²) in [5.74, 6) is 0.0336.